The molecule has 2 saturated carbocycles. The summed E-state index contributed by atoms with van der Waals surface area (Å²) in [4.78, 5) is 16.7. The third kappa shape index (κ3) is 2.10. The molecule has 0 radical (unpaired) electrons. The lowest BCUT2D eigenvalue weighted by atomic mass is 9.93. The molecule has 1 heterocycles. The summed E-state index contributed by atoms with van der Waals surface area (Å²) in [6.07, 6.45) is 5.02. The summed E-state index contributed by atoms with van der Waals surface area (Å²) in [5.74, 6) is 1.25. The number of nitrogens with zero attached hydrogens (tertiary/aromatic N) is 1. The van der Waals surface area contributed by atoms with Crippen molar-refractivity contribution in [2.45, 2.75) is 62.9 Å². The zero-order valence-electron chi connectivity index (χ0n) is 11.7. The van der Waals surface area contributed by atoms with Gasteiger partial charge >= 0.3 is 0 Å². The summed E-state index contributed by atoms with van der Waals surface area (Å²) < 4.78 is 13.2. The van der Waals surface area contributed by atoms with E-state index in [1.54, 1.807) is 6.92 Å². The number of carbonyl (C=O) groups excluding carboxylic acids is 1. The van der Waals surface area contributed by atoms with Gasteiger partial charge in [0.05, 0.1) is 6.04 Å². The smallest absolute Gasteiger partial charge is 0.245 e. The number of carbonyl (C=O) groups is 1. The van der Waals surface area contributed by atoms with Crippen LogP contribution in [0.2, 0.25) is 0 Å². The van der Waals surface area contributed by atoms with E-state index in [0.29, 0.717) is 17.1 Å². The van der Waals surface area contributed by atoms with Gasteiger partial charge in [0.2, 0.25) is 5.91 Å². The van der Waals surface area contributed by atoms with Gasteiger partial charge in [-0.15, -0.1) is 0 Å². The van der Waals surface area contributed by atoms with Gasteiger partial charge in [0.25, 0.3) is 0 Å². The average molecular weight is 284 g/mol. The monoisotopic (exact) mass is 284 g/mol. The number of aliphatic imine (C=N–C) groups is 1. The zero-order chi connectivity index (χ0) is 13.8. The van der Waals surface area contributed by atoms with Crippen molar-refractivity contribution in [2.24, 2.45) is 16.8 Å². The Morgan fingerprint density at radius 2 is 2.16 bits per heavy atom. The van der Waals surface area contributed by atoms with Crippen LogP contribution in [-0.2, 0) is 4.79 Å². The van der Waals surface area contributed by atoms with E-state index in [4.69, 9.17) is 4.99 Å². The van der Waals surface area contributed by atoms with E-state index in [1.165, 1.54) is 44.9 Å². The van der Waals surface area contributed by atoms with Gasteiger partial charge in [0.1, 0.15) is 10.4 Å². The Bertz CT molecular complexity index is 445. The lowest BCUT2D eigenvalue weighted by Gasteiger charge is -2.29. The fraction of sp³-hybridized carbons (Fsp3) is 0.857. The van der Waals surface area contributed by atoms with Crippen molar-refractivity contribution in [3.8, 4) is 0 Å². The molecule has 0 aromatic rings. The van der Waals surface area contributed by atoms with Gasteiger partial charge in [-0.2, -0.15) is 0 Å². The van der Waals surface area contributed by atoms with Crippen LogP contribution in [0.5, 0.6) is 0 Å². The first-order chi connectivity index (χ1) is 8.79. The molecule has 1 amide bonds. The molecule has 2 aliphatic carbocycles. The summed E-state index contributed by atoms with van der Waals surface area (Å²) in [5, 5.41) is 3.39. The molecule has 4 atom stereocenters. The van der Waals surface area contributed by atoms with E-state index in [9.17, 15) is 9.18 Å². The number of rotatable bonds is 2. The number of alkyl halides is 1. The Morgan fingerprint density at radius 3 is 2.63 bits per heavy atom. The van der Waals surface area contributed by atoms with Crippen molar-refractivity contribution in [2.75, 3.05) is 0 Å². The molecule has 0 aromatic carbocycles. The van der Waals surface area contributed by atoms with Gasteiger partial charge in [-0.1, -0.05) is 18.2 Å². The lowest BCUT2D eigenvalue weighted by molar-refractivity contribution is -0.124. The molecule has 3 fully saturated rings. The Labute approximate surface area is 117 Å². The van der Waals surface area contributed by atoms with Crippen LogP contribution in [0.15, 0.2) is 4.99 Å². The third-order valence-corrected chi connectivity index (χ3v) is 6.55. The minimum Gasteiger partial charge on any atom is -0.304 e. The van der Waals surface area contributed by atoms with Crippen LogP contribution >= 0.6 is 11.8 Å². The van der Waals surface area contributed by atoms with Crippen molar-refractivity contribution in [3.05, 3.63) is 0 Å². The molecule has 3 nitrogen and oxygen atoms in total. The highest BCUT2D eigenvalue weighted by Crippen LogP contribution is 2.47. The van der Waals surface area contributed by atoms with Crippen LogP contribution in [0.4, 0.5) is 4.39 Å². The molecular weight excluding hydrogens is 263 g/mol. The van der Waals surface area contributed by atoms with Gasteiger partial charge in [-0.05, 0) is 51.9 Å². The van der Waals surface area contributed by atoms with E-state index < -0.39 is 10.4 Å². The Morgan fingerprint density at radius 1 is 1.42 bits per heavy atom. The number of hydrogen-bond acceptors (Lipinski definition) is 3. The highest BCUT2D eigenvalue weighted by Gasteiger charge is 2.54. The second kappa shape index (κ2) is 4.21. The molecule has 1 aliphatic heterocycles. The highest BCUT2D eigenvalue weighted by molar-refractivity contribution is 8.16. The van der Waals surface area contributed by atoms with Gasteiger partial charge in [0.15, 0.2) is 5.17 Å². The van der Waals surface area contributed by atoms with Crippen LogP contribution in [-0.4, -0.2) is 27.5 Å². The van der Waals surface area contributed by atoms with Crippen molar-refractivity contribution >= 4 is 22.8 Å². The molecular formula is C14H21FN2OS. The van der Waals surface area contributed by atoms with Gasteiger partial charge in [-0.3, -0.25) is 9.79 Å². The van der Waals surface area contributed by atoms with Crippen molar-refractivity contribution < 1.29 is 9.18 Å². The predicted octanol–water partition coefficient (Wildman–Crippen LogP) is 2.90. The summed E-state index contributed by atoms with van der Waals surface area (Å²) in [6.45, 7) is 4.58. The highest BCUT2D eigenvalue weighted by atomic mass is 32.2. The first-order valence-electron chi connectivity index (χ1n) is 7.07. The summed E-state index contributed by atoms with van der Waals surface area (Å²) in [6, 6.07) is 0.339. The zero-order valence-corrected chi connectivity index (χ0v) is 12.5. The normalized spacial score (nSPS) is 44.1. The molecule has 3 aliphatic rings. The standard InChI is InChI=1S/C14H21FN2OS/c1-13(2,15)14(3)11(18)17-12(19-14)16-10-7-8-4-5-9(10)6-8/h8-10H,4-7H2,1-3H3,(H,16,17,18)/t8-,9+,10+,14-/m1/s1. The number of thioether (sulfide) groups is 1. The fourth-order valence-corrected chi connectivity index (χ4v) is 4.56. The van der Waals surface area contributed by atoms with E-state index in [0.717, 1.165) is 12.3 Å². The Hall–Kier alpha value is -0.580. The molecule has 3 rings (SSSR count). The van der Waals surface area contributed by atoms with E-state index in [-0.39, 0.29) is 5.91 Å². The Kier molecular flexibility index (Phi) is 2.97. The van der Waals surface area contributed by atoms with E-state index >= 15 is 0 Å². The molecule has 0 aromatic heterocycles. The number of fused-ring (bicyclic) bond motifs is 2. The summed E-state index contributed by atoms with van der Waals surface area (Å²) in [5.41, 5.74) is -1.56. The van der Waals surface area contributed by atoms with Crippen LogP contribution in [0, 0.1) is 11.8 Å². The Balaban J connectivity index is 1.76. The van der Waals surface area contributed by atoms with Crippen LogP contribution < -0.4 is 5.32 Å². The van der Waals surface area contributed by atoms with Crippen molar-refractivity contribution in [1.29, 1.82) is 0 Å². The van der Waals surface area contributed by atoms with Crippen molar-refractivity contribution in [1.82, 2.24) is 5.32 Å². The van der Waals surface area contributed by atoms with Crippen LogP contribution in [0.1, 0.15) is 46.5 Å². The number of amidine groups is 1. The number of nitrogens with one attached hydrogen (secondary N) is 1. The maximum absolute atomic E-state index is 14.2. The van der Waals surface area contributed by atoms with Crippen LogP contribution in [0.25, 0.3) is 0 Å². The quantitative estimate of drug-likeness (QED) is 0.847. The number of amides is 1. The average Bonchev–Trinajstić information content (AvgIpc) is 2.94. The topological polar surface area (TPSA) is 41.5 Å². The van der Waals surface area contributed by atoms with E-state index in [1.807, 2.05) is 0 Å². The third-order valence-electron chi connectivity index (χ3n) is 5.07. The summed E-state index contributed by atoms with van der Waals surface area (Å²) in [7, 11) is 0. The first kappa shape index (κ1) is 13.4. The van der Waals surface area contributed by atoms with Gasteiger partial charge < -0.3 is 5.32 Å². The molecule has 1 N–H and O–H groups in total. The molecule has 0 unspecified atom stereocenters. The lowest BCUT2D eigenvalue weighted by Crippen LogP contribution is -2.48. The maximum atomic E-state index is 14.2. The maximum Gasteiger partial charge on any atom is 0.245 e. The van der Waals surface area contributed by atoms with Gasteiger partial charge in [-0.25, -0.2) is 4.39 Å². The van der Waals surface area contributed by atoms with Gasteiger partial charge in [0, 0.05) is 0 Å². The second-order valence-electron chi connectivity index (χ2n) is 6.74. The molecule has 2 bridgehead atoms. The minimum absolute atomic E-state index is 0.257. The predicted molar refractivity (Wildman–Crippen MR) is 76.0 cm³/mol. The molecule has 19 heavy (non-hydrogen) atoms. The number of hydrogen-bond donors (Lipinski definition) is 1. The van der Waals surface area contributed by atoms with Crippen molar-refractivity contribution in [3.63, 3.8) is 0 Å². The van der Waals surface area contributed by atoms with Crippen LogP contribution in [0.3, 0.4) is 0 Å². The molecule has 1 saturated heterocycles. The SMILES string of the molecule is CC(C)(F)[C@]1(C)SC(=N[C@H]2C[C@@H]3CC[C@H]2C3)NC1=O. The molecule has 0 spiro atoms. The molecule has 5 heteroatoms. The fourth-order valence-electron chi connectivity index (χ4n) is 3.45. The summed E-state index contributed by atoms with van der Waals surface area (Å²) >= 11 is 1.26. The minimum atomic E-state index is -1.56. The molecule has 106 valence electrons. The second-order valence-corrected chi connectivity index (χ2v) is 8.15. The first-order valence-corrected chi connectivity index (χ1v) is 7.88. The number of halogens is 1. The largest absolute Gasteiger partial charge is 0.304 e. The van der Waals surface area contributed by atoms with E-state index in [2.05, 4.69) is 5.32 Å².